The Labute approximate surface area is 103 Å². The molecule has 1 heterocycles. The van der Waals surface area contributed by atoms with Gasteiger partial charge in [0.15, 0.2) is 0 Å². The first kappa shape index (κ1) is 11.7. The van der Waals surface area contributed by atoms with E-state index in [0.29, 0.717) is 0 Å². The third kappa shape index (κ3) is 3.12. The molecule has 0 amide bonds. The summed E-state index contributed by atoms with van der Waals surface area (Å²) in [6.45, 7) is 6.71. The van der Waals surface area contributed by atoms with Crippen molar-refractivity contribution in [3.63, 3.8) is 0 Å². The maximum absolute atomic E-state index is 5.83. The van der Waals surface area contributed by atoms with E-state index in [9.17, 15) is 0 Å². The zero-order valence-electron chi connectivity index (χ0n) is 9.75. The van der Waals surface area contributed by atoms with E-state index in [4.69, 9.17) is 16.3 Å². The molecule has 0 N–H and O–H groups in total. The van der Waals surface area contributed by atoms with E-state index in [1.165, 1.54) is 5.56 Å². The van der Waals surface area contributed by atoms with Gasteiger partial charge < -0.3 is 4.74 Å². The summed E-state index contributed by atoms with van der Waals surface area (Å²) in [6.07, 6.45) is 0.244. The summed E-state index contributed by atoms with van der Waals surface area (Å²) in [4.78, 5) is 0. The van der Waals surface area contributed by atoms with E-state index in [1.807, 2.05) is 24.3 Å². The number of rotatable bonds is 1. The molecule has 16 heavy (non-hydrogen) atoms. The normalized spacial score (nSPS) is 23.5. The Morgan fingerprint density at radius 2 is 1.81 bits per heavy atom. The van der Waals surface area contributed by atoms with Crippen molar-refractivity contribution in [2.24, 2.45) is 0 Å². The van der Waals surface area contributed by atoms with Gasteiger partial charge >= 0.3 is 0 Å². The first-order valence-corrected chi connectivity index (χ1v) is 9.27. The summed E-state index contributed by atoms with van der Waals surface area (Å²) in [5.74, 6) is 3.22. The number of ether oxygens (including phenoxy) is 1. The molecule has 0 radical (unpaired) electrons. The van der Waals surface area contributed by atoms with Gasteiger partial charge in [0.1, 0.15) is 20.3 Å². The van der Waals surface area contributed by atoms with Gasteiger partial charge in [-0.15, -0.1) is 5.54 Å². The molecule has 0 aromatic heterocycles. The zero-order valence-corrected chi connectivity index (χ0v) is 11.5. The van der Waals surface area contributed by atoms with Crippen molar-refractivity contribution >= 4 is 19.7 Å². The van der Waals surface area contributed by atoms with E-state index < -0.39 is 8.07 Å². The molecule has 1 aromatic carbocycles. The fourth-order valence-corrected chi connectivity index (χ4v) is 2.12. The maximum atomic E-state index is 5.83. The fourth-order valence-electron chi connectivity index (χ4n) is 1.42. The molecule has 1 fully saturated rings. The average molecular weight is 251 g/mol. The quantitative estimate of drug-likeness (QED) is 0.421. The number of hydrogen-bond donors (Lipinski definition) is 0. The zero-order chi connectivity index (χ0) is 11.8. The lowest BCUT2D eigenvalue weighted by Gasteiger charge is -2.02. The molecular formula is C13H15ClOSi. The van der Waals surface area contributed by atoms with Gasteiger partial charge in [0, 0.05) is 5.02 Å². The highest BCUT2D eigenvalue weighted by Crippen LogP contribution is 2.38. The first-order chi connectivity index (χ1) is 7.46. The molecule has 1 aliphatic rings. The van der Waals surface area contributed by atoms with Crippen LogP contribution >= 0.6 is 11.6 Å². The Balaban J connectivity index is 2.01. The molecule has 1 nitrogen and oxygen atoms in total. The Hall–Kier alpha value is -0.753. The lowest BCUT2D eigenvalue weighted by Crippen LogP contribution is -2.16. The smallest absolute Gasteiger partial charge is 0.148 e. The molecule has 0 unspecified atom stereocenters. The summed E-state index contributed by atoms with van der Waals surface area (Å²) in [5, 5.41) is 0.758. The van der Waals surface area contributed by atoms with Crippen LogP contribution in [0.2, 0.25) is 24.7 Å². The standard InChI is InChI=1S/C13H15ClOSi/c1-16(2,3)9-8-12-13(15-12)10-4-6-11(14)7-5-10/h4-7,12-13H,1-3H3/t12-,13+/m1/s1. The predicted molar refractivity (Wildman–Crippen MR) is 70.2 cm³/mol. The van der Waals surface area contributed by atoms with Gasteiger partial charge in [-0.2, -0.15) is 0 Å². The molecular weight excluding hydrogens is 236 g/mol. The topological polar surface area (TPSA) is 12.5 Å². The summed E-state index contributed by atoms with van der Waals surface area (Å²) in [7, 11) is -1.28. The minimum atomic E-state index is -1.28. The molecule has 2 atom stereocenters. The predicted octanol–water partition coefficient (Wildman–Crippen LogP) is 3.66. The van der Waals surface area contributed by atoms with Crippen molar-refractivity contribution in [3.8, 4) is 11.5 Å². The molecule has 0 saturated carbocycles. The van der Waals surface area contributed by atoms with Gasteiger partial charge in [-0.05, 0) is 17.7 Å². The molecule has 1 saturated heterocycles. The molecule has 84 valence electrons. The first-order valence-electron chi connectivity index (χ1n) is 5.39. The second-order valence-corrected chi connectivity index (χ2v) is 10.2. The van der Waals surface area contributed by atoms with Crippen LogP contribution in [0.3, 0.4) is 0 Å². The van der Waals surface area contributed by atoms with E-state index in [-0.39, 0.29) is 12.2 Å². The van der Waals surface area contributed by atoms with Gasteiger partial charge in [-0.25, -0.2) is 0 Å². The third-order valence-electron chi connectivity index (χ3n) is 2.28. The van der Waals surface area contributed by atoms with E-state index in [2.05, 4.69) is 31.1 Å². The Kier molecular flexibility index (Phi) is 3.12. The van der Waals surface area contributed by atoms with E-state index >= 15 is 0 Å². The van der Waals surface area contributed by atoms with Crippen LogP contribution in [-0.4, -0.2) is 14.2 Å². The van der Waals surface area contributed by atoms with Crippen LogP contribution in [0.1, 0.15) is 11.7 Å². The fraction of sp³-hybridized carbons (Fsp3) is 0.385. The number of hydrogen-bond acceptors (Lipinski definition) is 1. The number of epoxide rings is 1. The molecule has 0 spiro atoms. The minimum absolute atomic E-state index is 0.0906. The SMILES string of the molecule is C[Si](C)(C)C#C[C@H]1O[C@H]1c1ccc(Cl)cc1. The van der Waals surface area contributed by atoms with Gasteiger partial charge in [-0.1, -0.05) is 49.3 Å². The monoisotopic (exact) mass is 250 g/mol. The number of benzene rings is 1. The van der Waals surface area contributed by atoms with Crippen molar-refractivity contribution < 1.29 is 4.74 Å². The van der Waals surface area contributed by atoms with Gasteiger partial charge in [0.2, 0.25) is 0 Å². The van der Waals surface area contributed by atoms with Gasteiger partial charge in [0.05, 0.1) is 0 Å². The van der Waals surface area contributed by atoms with Crippen molar-refractivity contribution in [1.82, 2.24) is 0 Å². The Morgan fingerprint density at radius 1 is 1.19 bits per heavy atom. The largest absolute Gasteiger partial charge is 0.351 e. The van der Waals surface area contributed by atoms with Crippen LogP contribution in [0.25, 0.3) is 0 Å². The summed E-state index contributed by atoms with van der Waals surface area (Å²) in [6, 6.07) is 7.79. The third-order valence-corrected chi connectivity index (χ3v) is 3.43. The lowest BCUT2D eigenvalue weighted by molar-refractivity contribution is 0.397. The van der Waals surface area contributed by atoms with Crippen molar-refractivity contribution in [2.75, 3.05) is 0 Å². The second-order valence-electron chi connectivity index (χ2n) is 5.05. The van der Waals surface area contributed by atoms with Crippen molar-refractivity contribution in [3.05, 3.63) is 34.9 Å². The van der Waals surface area contributed by atoms with Crippen LogP contribution in [0.5, 0.6) is 0 Å². The highest BCUT2D eigenvalue weighted by molar-refractivity contribution is 6.83. The van der Waals surface area contributed by atoms with Crippen LogP contribution in [0.4, 0.5) is 0 Å². The molecule has 3 heteroatoms. The maximum Gasteiger partial charge on any atom is 0.148 e. The Morgan fingerprint density at radius 3 is 2.38 bits per heavy atom. The van der Waals surface area contributed by atoms with Gasteiger partial charge in [-0.3, -0.25) is 0 Å². The van der Waals surface area contributed by atoms with Crippen LogP contribution in [0.15, 0.2) is 24.3 Å². The van der Waals surface area contributed by atoms with Crippen LogP contribution in [-0.2, 0) is 4.74 Å². The molecule has 1 aromatic rings. The molecule has 2 rings (SSSR count). The molecule has 0 aliphatic carbocycles. The Bertz CT molecular complexity index is 436. The minimum Gasteiger partial charge on any atom is -0.351 e. The molecule has 1 aliphatic heterocycles. The number of halogens is 1. The second kappa shape index (κ2) is 4.25. The summed E-state index contributed by atoms with van der Waals surface area (Å²) in [5.41, 5.74) is 4.50. The molecule has 0 bridgehead atoms. The van der Waals surface area contributed by atoms with E-state index in [0.717, 1.165) is 5.02 Å². The highest BCUT2D eigenvalue weighted by atomic mass is 35.5. The van der Waals surface area contributed by atoms with E-state index in [1.54, 1.807) is 0 Å². The summed E-state index contributed by atoms with van der Waals surface area (Å²) >= 11 is 5.83. The average Bonchev–Trinajstić information content (AvgIpc) is 2.94. The van der Waals surface area contributed by atoms with Crippen molar-refractivity contribution in [1.29, 1.82) is 0 Å². The lowest BCUT2D eigenvalue weighted by atomic mass is 10.1. The highest BCUT2D eigenvalue weighted by Gasteiger charge is 2.38. The van der Waals surface area contributed by atoms with Crippen molar-refractivity contribution in [2.45, 2.75) is 31.8 Å². The van der Waals surface area contributed by atoms with Crippen LogP contribution in [0, 0.1) is 11.5 Å². The van der Waals surface area contributed by atoms with Crippen LogP contribution < -0.4 is 0 Å². The summed E-state index contributed by atoms with van der Waals surface area (Å²) < 4.78 is 5.54. The van der Waals surface area contributed by atoms with Gasteiger partial charge in [0.25, 0.3) is 0 Å².